The Kier molecular flexibility index (Phi) is 6.91. The molecular formula is C25H30ClN3O3S. The maximum absolute atomic E-state index is 13.3. The molecule has 0 bridgehead atoms. The first-order valence-electron chi connectivity index (χ1n) is 11.3. The van der Waals surface area contributed by atoms with E-state index in [1.807, 2.05) is 40.3 Å². The van der Waals surface area contributed by atoms with Crippen molar-refractivity contribution in [2.45, 2.75) is 43.7 Å². The van der Waals surface area contributed by atoms with Crippen LogP contribution in [0, 0.1) is 5.41 Å². The van der Waals surface area contributed by atoms with Crippen LogP contribution in [0.5, 0.6) is 5.75 Å². The molecule has 8 heteroatoms. The van der Waals surface area contributed by atoms with E-state index < -0.39 is 5.60 Å². The number of hydrogen-bond donors (Lipinski definition) is 0. The molecular weight excluding hydrogens is 458 g/mol. The number of nitrogens with zero attached hydrogens (tertiary/aromatic N) is 3. The highest BCUT2D eigenvalue weighted by Crippen LogP contribution is 2.42. The summed E-state index contributed by atoms with van der Waals surface area (Å²) in [4.78, 5) is 34.6. The van der Waals surface area contributed by atoms with Crippen LogP contribution in [0.2, 0.25) is 5.02 Å². The molecule has 4 rings (SSSR count). The van der Waals surface area contributed by atoms with Crippen LogP contribution in [0.15, 0.2) is 47.6 Å². The number of likely N-dealkylation sites (tertiary alicyclic amines) is 2. The molecule has 0 aliphatic carbocycles. The van der Waals surface area contributed by atoms with Crippen molar-refractivity contribution >= 4 is 35.2 Å². The van der Waals surface area contributed by atoms with Gasteiger partial charge < -0.3 is 14.5 Å². The van der Waals surface area contributed by atoms with Crippen LogP contribution < -0.4 is 4.74 Å². The fourth-order valence-electron chi connectivity index (χ4n) is 4.81. The number of carbonyl (C=O) groups excluding carboxylic acids is 2. The van der Waals surface area contributed by atoms with Gasteiger partial charge in [0.1, 0.15) is 10.8 Å². The van der Waals surface area contributed by atoms with E-state index in [-0.39, 0.29) is 17.2 Å². The van der Waals surface area contributed by atoms with Gasteiger partial charge in [-0.1, -0.05) is 23.7 Å². The highest BCUT2D eigenvalue weighted by molar-refractivity contribution is 7.98. The Morgan fingerprint density at radius 3 is 2.39 bits per heavy atom. The highest BCUT2D eigenvalue weighted by atomic mass is 35.5. The van der Waals surface area contributed by atoms with Gasteiger partial charge in [0.25, 0.3) is 11.8 Å². The molecule has 2 fully saturated rings. The molecule has 1 aromatic heterocycles. The second-order valence-corrected chi connectivity index (χ2v) is 10.6. The van der Waals surface area contributed by atoms with Gasteiger partial charge in [-0.05, 0) is 69.0 Å². The molecule has 1 aromatic carbocycles. The minimum absolute atomic E-state index is 0.0298. The van der Waals surface area contributed by atoms with E-state index in [1.165, 1.54) is 11.8 Å². The number of carbonyl (C=O) groups is 2. The van der Waals surface area contributed by atoms with E-state index in [2.05, 4.69) is 4.98 Å². The summed E-state index contributed by atoms with van der Waals surface area (Å²) in [7, 11) is 0. The average Bonchev–Trinajstić information content (AvgIpc) is 3.23. The van der Waals surface area contributed by atoms with Gasteiger partial charge in [-0.2, -0.15) is 0 Å². The van der Waals surface area contributed by atoms with Crippen LogP contribution in [-0.2, 0) is 4.79 Å². The van der Waals surface area contributed by atoms with Crippen molar-refractivity contribution in [3.63, 3.8) is 0 Å². The molecule has 0 saturated carbocycles. The standard InChI is InChI=1S/C25H30ClN3O3S/c1-24(2,32-20-9-5-4-8-19(20)26)23(31)29-16-12-25(17-29)10-14-28(15-11-25)22(30)18-7-6-13-27-21(18)33-3/h4-9,13H,10-12,14-17H2,1-3H3. The van der Waals surface area contributed by atoms with Crippen LogP contribution in [0.3, 0.4) is 0 Å². The van der Waals surface area contributed by atoms with Gasteiger partial charge in [-0.15, -0.1) is 11.8 Å². The third-order valence-corrected chi connectivity index (χ3v) is 7.77. The number of aromatic nitrogens is 1. The zero-order chi connectivity index (χ0) is 23.6. The third-order valence-electron chi connectivity index (χ3n) is 6.75. The molecule has 0 N–H and O–H groups in total. The first-order valence-corrected chi connectivity index (χ1v) is 12.9. The first kappa shape index (κ1) is 23.9. The summed E-state index contributed by atoms with van der Waals surface area (Å²) in [6.07, 6.45) is 6.39. The predicted octanol–water partition coefficient (Wildman–Crippen LogP) is 4.77. The number of benzene rings is 1. The largest absolute Gasteiger partial charge is 0.476 e. The molecule has 6 nitrogen and oxygen atoms in total. The molecule has 2 amide bonds. The summed E-state index contributed by atoms with van der Waals surface area (Å²) in [6, 6.07) is 10.9. The van der Waals surface area contributed by atoms with Gasteiger partial charge in [0, 0.05) is 32.4 Å². The Labute approximate surface area is 204 Å². The van der Waals surface area contributed by atoms with E-state index >= 15 is 0 Å². The zero-order valence-corrected chi connectivity index (χ0v) is 20.9. The van der Waals surface area contributed by atoms with Crippen molar-refractivity contribution in [3.05, 3.63) is 53.2 Å². The molecule has 0 atom stereocenters. The van der Waals surface area contributed by atoms with Gasteiger partial charge in [0.15, 0.2) is 5.60 Å². The molecule has 2 aromatic rings. The maximum atomic E-state index is 13.3. The Morgan fingerprint density at radius 2 is 1.73 bits per heavy atom. The number of para-hydroxylation sites is 1. The number of halogens is 1. The van der Waals surface area contributed by atoms with Crippen LogP contribution in [0.25, 0.3) is 0 Å². The number of thioether (sulfide) groups is 1. The molecule has 0 unspecified atom stereocenters. The van der Waals surface area contributed by atoms with Crippen LogP contribution >= 0.6 is 23.4 Å². The third kappa shape index (κ3) is 4.99. The van der Waals surface area contributed by atoms with Crippen LogP contribution in [0.1, 0.15) is 43.5 Å². The SMILES string of the molecule is CSc1ncccc1C(=O)N1CCC2(CC1)CCN(C(=O)C(C)(C)Oc1ccccc1Cl)C2. The van der Waals surface area contributed by atoms with Gasteiger partial charge in [-0.3, -0.25) is 9.59 Å². The van der Waals surface area contributed by atoms with E-state index in [0.717, 1.165) is 24.3 Å². The zero-order valence-electron chi connectivity index (χ0n) is 19.3. The molecule has 0 radical (unpaired) electrons. The second kappa shape index (κ2) is 9.55. The van der Waals surface area contributed by atoms with Gasteiger partial charge >= 0.3 is 0 Å². The monoisotopic (exact) mass is 487 g/mol. The molecule has 3 heterocycles. The highest BCUT2D eigenvalue weighted by Gasteiger charge is 2.46. The van der Waals surface area contributed by atoms with Crippen molar-refractivity contribution < 1.29 is 14.3 Å². The lowest BCUT2D eigenvalue weighted by Crippen LogP contribution is -2.50. The summed E-state index contributed by atoms with van der Waals surface area (Å²) in [5.74, 6) is 0.526. The molecule has 2 saturated heterocycles. The maximum Gasteiger partial charge on any atom is 0.266 e. The van der Waals surface area contributed by atoms with Crippen molar-refractivity contribution in [3.8, 4) is 5.75 Å². The number of hydrogen-bond acceptors (Lipinski definition) is 5. The van der Waals surface area contributed by atoms with E-state index in [4.69, 9.17) is 16.3 Å². The normalized spacial score (nSPS) is 17.9. The minimum Gasteiger partial charge on any atom is -0.476 e. The summed E-state index contributed by atoms with van der Waals surface area (Å²) in [6.45, 7) is 6.39. The predicted molar refractivity (Wildman–Crippen MR) is 131 cm³/mol. The lowest BCUT2D eigenvalue weighted by atomic mass is 9.77. The lowest BCUT2D eigenvalue weighted by molar-refractivity contribution is -0.144. The molecule has 1 spiro atoms. The Balaban J connectivity index is 1.37. The summed E-state index contributed by atoms with van der Waals surface area (Å²) < 4.78 is 6.02. The fraction of sp³-hybridized carbons (Fsp3) is 0.480. The number of rotatable bonds is 5. The molecule has 2 aliphatic heterocycles. The van der Waals surface area contributed by atoms with E-state index in [0.29, 0.717) is 42.5 Å². The van der Waals surface area contributed by atoms with Crippen molar-refractivity contribution in [1.82, 2.24) is 14.8 Å². The topological polar surface area (TPSA) is 62.7 Å². The van der Waals surface area contributed by atoms with Crippen LogP contribution in [-0.4, -0.2) is 64.6 Å². The van der Waals surface area contributed by atoms with Crippen molar-refractivity contribution in [1.29, 1.82) is 0 Å². The number of ether oxygens (including phenoxy) is 1. The Morgan fingerprint density at radius 1 is 1.06 bits per heavy atom. The van der Waals surface area contributed by atoms with E-state index in [9.17, 15) is 9.59 Å². The fourth-order valence-corrected chi connectivity index (χ4v) is 5.53. The van der Waals surface area contributed by atoms with Crippen molar-refractivity contribution in [2.24, 2.45) is 5.41 Å². The number of piperidine rings is 1. The smallest absolute Gasteiger partial charge is 0.266 e. The van der Waals surface area contributed by atoms with Crippen LogP contribution in [0.4, 0.5) is 0 Å². The van der Waals surface area contributed by atoms with Gasteiger partial charge in [0.05, 0.1) is 10.6 Å². The van der Waals surface area contributed by atoms with Crippen molar-refractivity contribution in [2.75, 3.05) is 32.4 Å². The average molecular weight is 488 g/mol. The second-order valence-electron chi connectivity index (χ2n) is 9.37. The molecule has 2 aliphatic rings. The number of pyridine rings is 1. The Hall–Kier alpha value is -2.25. The molecule has 33 heavy (non-hydrogen) atoms. The summed E-state index contributed by atoms with van der Waals surface area (Å²) >= 11 is 7.72. The lowest BCUT2D eigenvalue weighted by Gasteiger charge is -2.40. The first-order chi connectivity index (χ1) is 15.7. The molecule has 176 valence electrons. The number of amides is 2. The quantitative estimate of drug-likeness (QED) is 0.568. The van der Waals surface area contributed by atoms with E-state index in [1.54, 1.807) is 32.2 Å². The minimum atomic E-state index is -1.01. The Bertz CT molecular complexity index is 1040. The van der Waals surface area contributed by atoms with Gasteiger partial charge in [-0.25, -0.2) is 4.98 Å². The van der Waals surface area contributed by atoms with Gasteiger partial charge in [0.2, 0.25) is 0 Å². The summed E-state index contributed by atoms with van der Waals surface area (Å²) in [5, 5.41) is 1.26. The summed E-state index contributed by atoms with van der Waals surface area (Å²) in [5.41, 5.74) is -0.283.